The molecule has 0 aromatic heterocycles. The molecule has 110 valence electrons. The first-order chi connectivity index (χ1) is 9.87. The molecule has 0 aliphatic heterocycles. The minimum atomic E-state index is -0.778. The van der Waals surface area contributed by atoms with Crippen LogP contribution in [0.2, 0.25) is 0 Å². The van der Waals surface area contributed by atoms with Gasteiger partial charge in [-0.1, -0.05) is 42.5 Å². The van der Waals surface area contributed by atoms with E-state index in [1.807, 2.05) is 62.4 Å². The van der Waals surface area contributed by atoms with Crippen molar-refractivity contribution in [1.82, 2.24) is 0 Å². The molecule has 2 rings (SSSR count). The molecule has 4 N–H and O–H groups in total. The molecule has 0 saturated heterocycles. The highest BCUT2D eigenvalue weighted by molar-refractivity contribution is 5.69. The van der Waals surface area contributed by atoms with Gasteiger partial charge < -0.3 is 16.2 Å². The first-order valence-corrected chi connectivity index (χ1v) is 6.80. The van der Waals surface area contributed by atoms with Crippen molar-refractivity contribution < 1.29 is 9.53 Å². The van der Waals surface area contributed by atoms with Crippen LogP contribution in [0, 0.1) is 0 Å². The number of hydrogen-bond acceptors (Lipinski definition) is 3. The van der Waals surface area contributed by atoms with E-state index in [4.69, 9.17) is 16.2 Å². The molecule has 0 saturated carbocycles. The van der Waals surface area contributed by atoms with E-state index in [0.29, 0.717) is 12.1 Å². The normalized spacial score (nSPS) is 11.1. The number of primary amides is 1. The molecule has 0 atom stereocenters. The van der Waals surface area contributed by atoms with Gasteiger partial charge in [0.2, 0.25) is 0 Å². The van der Waals surface area contributed by atoms with Gasteiger partial charge in [-0.15, -0.1) is 0 Å². The SMILES string of the molecule is CC(C)(Cc1ccc(-c2ccccc2)cc1N)OC(N)=O. The van der Waals surface area contributed by atoms with Gasteiger partial charge in [0.05, 0.1) is 0 Å². The molecule has 0 spiro atoms. The lowest BCUT2D eigenvalue weighted by Crippen LogP contribution is -2.33. The van der Waals surface area contributed by atoms with E-state index in [9.17, 15) is 4.79 Å². The Balaban J connectivity index is 2.22. The van der Waals surface area contributed by atoms with Crippen LogP contribution in [0.1, 0.15) is 19.4 Å². The van der Waals surface area contributed by atoms with Crippen molar-refractivity contribution in [2.75, 3.05) is 5.73 Å². The van der Waals surface area contributed by atoms with Crippen LogP contribution in [0.15, 0.2) is 48.5 Å². The largest absolute Gasteiger partial charge is 0.443 e. The molecule has 0 aliphatic carbocycles. The molecule has 21 heavy (non-hydrogen) atoms. The van der Waals surface area contributed by atoms with Gasteiger partial charge in [-0.05, 0) is 36.6 Å². The molecule has 0 heterocycles. The average Bonchev–Trinajstić information content (AvgIpc) is 2.40. The lowest BCUT2D eigenvalue weighted by Gasteiger charge is -2.24. The maximum absolute atomic E-state index is 10.9. The summed E-state index contributed by atoms with van der Waals surface area (Å²) >= 11 is 0. The van der Waals surface area contributed by atoms with Crippen LogP contribution in [0.25, 0.3) is 11.1 Å². The summed E-state index contributed by atoms with van der Waals surface area (Å²) in [5.74, 6) is 0. The Bertz CT molecular complexity index is 636. The summed E-state index contributed by atoms with van der Waals surface area (Å²) in [6.45, 7) is 3.62. The predicted molar refractivity (Wildman–Crippen MR) is 84.7 cm³/mol. The zero-order valence-electron chi connectivity index (χ0n) is 12.3. The molecule has 1 amide bonds. The van der Waals surface area contributed by atoms with Crippen molar-refractivity contribution in [3.8, 4) is 11.1 Å². The van der Waals surface area contributed by atoms with E-state index in [2.05, 4.69) is 0 Å². The highest BCUT2D eigenvalue weighted by atomic mass is 16.6. The summed E-state index contributed by atoms with van der Waals surface area (Å²) in [6, 6.07) is 15.9. The van der Waals surface area contributed by atoms with Crippen LogP contribution >= 0.6 is 0 Å². The van der Waals surface area contributed by atoms with Gasteiger partial charge in [0, 0.05) is 12.1 Å². The van der Waals surface area contributed by atoms with Crippen LogP contribution in [-0.4, -0.2) is 11.7 Å². The van der Waals surface area contributed by atoms with Gasteiger partial charge >= 0.3 is 6.09 Å². The number of hydrogen-bond donors (Lipinski definition) is 2. The molecule has 2 aromatic rings. The Morgan fingerprint density at radius 2 is 1.76 bits per heavy atom. The third kappa shape index (κ3) is 3.99. The zero-order chi connectivity index (χ0) is 15.5. The molecule has 0 unspecified atom stereocenters. The van der Waals surface area contributed by atoms with Crippen LogP contribution < -0.4 is 11.5 Å². The topological polar surface area (TPSA) is 78.3 Å². The molecule has 0 fully saturated rings. The highest BCUT2D eigenvalue weighted by Crippen LogP contribution is 2.27. The molecule has 4 heteroatoms. The Morgan fingerprint density at radius 3 is 2.33 bits per heavy atom. The Hall–Kier alpha value is -2.49. The van der Waals surface area contributed by atoms with Crippen molar-refractivity contribution in [3.05, 3.63) is 54.1 Å². The highest BCUT2D eigenvalue weighted by Gasteiger charge is 2.23. The zero-order valence-corrected chi connectivity index (χ0v) is 12.3. The minimum absolute atomic E-state index is 0.511. The summed E-state index contributed by atoms with van der Waals surface area (Å²) in [6.07, 6.45) is -0.268. The number of anilines is 1. The van der Waals surface area contributed by atoms with E-state index in [1.54, 1.807) is 0 Å². The summed E-state index contributed by atoms with van der Waals surface area (Å²) in [5, 5.41) is 0. The number of ether oxygens (including phenoxy) is 1. The van der Waals surface area contributed by atoms with E-state index in [-0.39, 0.29) is 0 Å². The van der Waals surface area contributed by atoms with Crippen LogP contribution in [0.4, 0.5) is 10.5 Å². The summed E-state index contributed by atoms with van der Waals surface area (Å²) < 4.78 is 5.09. The van der Waals surface area contributed by atoms with E-state index in [1.165, 1.54) is 0 Å². The fraction of sp³-hybridized carbons (Fsp3) is 0.235. The molecule has 0 radical (unpaired) electrons. The molecule has 0 aliphatic rings. The number of carbonyl (C=O) groups excluding carboxylic acids is 1. The summed E-state index contributed by atoms with van der Waals surface area (Å²) in [4.78, 5) is 10.9. The number of nitrogen functional groups attached to an aromatic ring is 1. The third-order valence-electron chi connectivity index (χ3n) is 3.25. The van der Waals surface area contributed by atoms with Gasteiger partial charge in [0.15, 0.2) is 0 Å². The van der Waals surface area contributed by atoms with Crippen LogP contribution in [0.5, 0.6) is 0 Å². The van der Waals surface area contributed by atoms with Crippen LogP contribution in [0.3, 0.4) is 0 Å². The second-order valence-corrected chi connectivity index (χ2v) is 5.64. The minimum Gasteiger partial charge on any atom is -0.443 e. The van der Waals surface area contributed by atoms with Gasteiger partial charge in [0.25, 0.3) is 0 Å². The average molecular weight is 284 g/mol. The number of rotatable bonds is 4. The Morgan fingerprint density at radius 1 is 1.10 bits per heavy atom. The summed E-state index contributed by atoms with van der Waals surface area (Å²) in [5.41, 5.74) is 14.3. The van der Waals surface area contributed by atoms with E-state index < -0.39 is 11.7 Å². The lowest BCUT2D eigenvalue weighted by atomic mass is 9.94. The molecular weight excluding hydrogens is 264 g/mol. The van der Waals surface area contributed by atoms with E-state index in [0.717, 1.165) is 16.7 Å². The van der Waals surface area contributed by atoms with Gasteiger partial charge in [-0.3, -0.25) is 0 Å². The fourth-order valence-electron chi connectivity index (χ4n) is 2.33. The quantitative estimate of drug-likeness (QED) is 0.845. The van der Waals surface area contributed by atoms with E-state index >= 15 is 0 Å². The second-order valence-electron chi connectivity index (χ2n) is 5.64. The van der Waals surface area contributed by atoms with Gasteiger partial charge in [0.1, 0.15) is 5.60 Å². The van der Waals surface area contributed by atoms with Crippen molar-refractivity contribution in [2.45, 2.75) is 25.9 Å². The number of carbonyl (C=O) groups is 1. The maximum atomic E-state index is 10.9. The van der Waals surface area contributed by atoms with Gasteiger partial charge in [-0.2, -0.15) is 0 Å². The number of benzene rings is 2. The van der Waals surface area contributed by atoms with Crippen molar-refractivity contribution >= 4 is 11.8 Å². The fourth-order valence-corrected chi connectivity index (χ4v) is 2.33. The first kappa shape index (κ1) is 14.9. The van der Waals surface area contributed by atoms with Crippen LogP contribution in [-0.2, 0) is 11.2 Å². The Kier molecular flexibility index (Phi) is 4.17. The number of nitrogens with two attached hydrogens (primary N) is 2. The number of amides is 1. The first-order valence-electron chi connectivity index (χ1n) is 6.80. The molecule has 0 bridgehead atoms. The Labute approximate surface area is 124 Å². The standard InChI is InChI=1S/C17H20N2O2/c1-17(2,21-16(19)20)11-14-9-8-13(10-15(14)18)12-6-4-3-5-7-12/h3-10H,11,18H2,1-2H3,(H2,19,20). The molecular formula is C17H20N2O2. The molecule has 2 aromatic carbocycles. The monoisotopic (exact) mass is 284 g/mol. The summed E-state index contributed by atoms with van der Waals surface area (Å²) in [7, 11) is 0. The van der Waals surface area contributed by atoms with Gasteiger partial charge in [-0.25, -0.2) is 4.79 Å². The van der Waals surface area contributed by atoms with Crippen molar-refractivity contribution in [2.24, 2.45) is 5.73 Å². The third-order valence-corrected chi connectivity index (χ3v) is 3.25. The predicted octanol–water partition coefficient (Wildman–Crippen LogP) is 3.35. The second kappa shape index (κ2) is 5.87. The molecule has 4 nitrogen and oxygen atoms in total. The smallest absolute Gasteiger partial charge is 0.405 e. The lowest BCUT2D eigenvalue weighted by molar-refractivity contribution is 0.0461. The van der Waals surface area contributed by atoms with Crippen molar-refractivity contribution in [1.29, 1.82) is 0 Å². The van der Waals surface area contributed by atoms with Crippen molar-refractivity contribution in [3.63, 3.8) is 0 Å². The maximum Gasteiger partial charge on any atom is 0.405 e.